The fourth-order valence-electron chi connectivity index (χ4n) is 3.02. The van der Waals surface area contributed by atoms with Gasteiger partial charge in [-0.25, -0.2) is 4.98 Å². The van der Waals surface area contributed by atoms with Gasteiger partial charge >= 0.3 is 0 Å². The average Bonchev–Trinajstić information content (AvgIpc) is 3.14. The molecule has 4 N–H and O–H groups in total. The quantitative estimate of drug-likeness (QED) is 0.678. The van der Waals surface area contributed by atoms with E-state index in [4.69, 9.17) is 5.73 Å². The topological polar surface area (TPSA) is 89.9 Å². The Morgan fingerprint density at radius 2 is 2.04 bits per heavy atom. The summed E-state index contributed by atoms with van der Waals surface area (Å²) in [5.41, 5.74) is 10.5. The lowest BCUT2D eigenvalue weighted by Crippen LogP contribution is -2.43. The van der Waals surface area contributed by atoms with Crippen molar-refractivity contribution in [2.45, 2.75) is 6.54 Å². The van der Waals surface area contributed by atoms with Crippen LogP contribution in [0.5, 0.6) is 0 Å². The van der Waals surface area contributed by atoms with Gasteiger partial charge < -0.3 is 15.6 Å². The van der Waals surface area contributed by atoms with Crippen LogP contribution in [0, 0.1) is 0 Å². The molecule has 7 nitrogen and oxygen atoms in total. The highest BCUT2D eigenvalue weighted by molar-refractivity contribution is 5.81. The van der Waals surface area contributed by atoms with Crippen LogP contribution >= 0.6 is 0 Å². The second-order valence-corrected chi connectivity index (χ2v) is 6.22. The third-order valence-corrected chi connectivity index (χ3v) is 4.45. The van der Waals surface area contributed by atoms with Gasteiger partial charge in [0.2, 0.25) is 0 Å². The van der Waals surface area contributed by atoms with E-state index in [1.165, 1.54) is 5.56 Å². The molecule has 3 heterocycles. The van der Waals surface area contributed by atoms with Crippen LogP contribution in [0.3, 0.4) is 0 Å². The highest BCUT2D eigenvalue weighted by Gasteiger charge is 2.15. The molecule has 7 heteroatoms. The number of aromatic nitrogens is 4. The molecule has 1 saturated heterocycles. The smallest absolute Gasteiger partial charge is 0.158 e. The molecule has 2 aromatic heterocycles. The van der Waals surface area contributed by atoms with E-state index in [1.807, 2.05) is 0 Å². The number of fused-ring (bicyclic) bond motifs is 1. The number of likely N-dealkylation sites (N-methyl/N-ethyl adjacent to an activating group) is 1. The van der Waals surface area contributed by atoms with Crippen molar-refractivity contribution in [2.24, 2.45) is 0 Å². The summed E-state index contributed by atoms with van der Waals surface area (Å²) >= 11 is 0. The van der Waals surface area contributed by atoms with Gasteiger partial charge in [-0.1, -0.05) is 6.07 Å². The maximum atomic E-state index is 5.89. The van der Waals surface area contributed by atoms with Crippen molar-refractivity contribution in [3.8, 4) is 11.5 Å². The summed E-state index contributed by atoms with van der Waals surface area (Å²) in [5.74, 6) is 0.728. The molecule has 0 atom stereocenters. The molecule has 1 aliphatic rings. The molecule has 0 bridgehead atoms. The second kappa shape index (κ2) is 5.68. The lowest BCUT2D eigenvalue weighted by atomic mass is 10.1. The summed E-state index contributed by atoms with van der Waals surface area (Å²) in [6, 6.07) is 6.39. The fourth-order valence-corrected chi connectivity index (χ4v) is 3.02. The van der Waals surface area contributed by atoms with Crippen molar-refractivity contribution in [1.82, 2.24) is 30.0 Å². The number of nitrogens with two attached hydrogens (primary N) is 1. The number of rotatable bonds is 3. The van der Waals surface area contributed by atoms with Crippen LogP contribution in [-0.4, -0.2) is 63.2 Å². The Balaban J connectivity index is 1.57. The number of nitrogens with zero attached hydrogens (tertiary/aromatic N) is 4. The molecule has 0 saturated carbocycles. The van der Waals surface area contributed by atoms with E-state index in [9.17, 15) is 0 Å². The van der Waals surface area contributed by atoms with Crippen LogP contribution in [-0.2, 0) is 6.54 Å². The molecule has 3 aromatic rings. The summed E-state index contributed by atoms with van der Waals surface area (Å²) < 4.78 is 0. The predicted octanol–water partition coefficient (Wildman–Crippen LogP) is 1.28. The third-order valence-electron chi connectivity index (χ3n) is 4.45. The standard InChI is InChI=1S/C16H21N7/c1-22-4-6-23(7-5-22)10-11-2-3-13-14(8-11)20-16(19-13)15-12(17)9-18-21-15/h2-3,8-9H,4-7,10,17H2,1H3,(H,18,21)(H,19,20). The van der Waals surface area contributed by atoms with Crippen LogP contribution in [0.15, 0.2) is 24.4 Å². The molecule has 0 amide bonds. The first-order valence-corrected chi connectivity index (χ1v) is 7.88. The average molecular weight is 311 g/mol. The number of hydrogen-bond donors (Lipinski definition) is 3. The Kier molecular flexibility index (Phi) is 3.51. The Morgan fingerprint density at radius 3 is 2.78 bits per heavy atom. The number of aromatic amines is 2. The summed E-state index contributed by atoms with van der Waals surface area (Å²) in [6.45, 7) is 5.48. The minimum atomic E-state index is 0.599. The van der Waals surface area contributed by atoms with Gasteiger partial charge in [0.05, 0.1) is 22.9 Å². The molecule has 0 radical (unpaired) electrons. The van der Waals surface area contributed by atoms with Gasteiger partial charge in [-0.2, -0.15) is 5.10 Å². The number of piperazine rings is 1. The van der Waals surface area contributed by atoms with E-state index in [0.717, 1.165) is 55.3 Å². The van der Waals surface area contributed by atoms with Gasteiger partial charge in [0.15, 0.2) is 5.82 Å². The molecule has 0 spiro atoms. The number of nitrogen functional groups attached to an aromatic ring is 1. The number of nitrogens with one attached hydrogen (secondary N) is 2. The van der Waals surface area contributed by atoms with E-state index in [2.05, 4.69) is 55.2 Å². The molecular formula is C16H21N7. The van der Waals surface area contributed by atoms with Crippen molar-refractivity contribution in [3.05, 3.63) is 30.0 Å². The van der Waals surface area contributed by atoms with E-state index in [1.54, 1.807) is 6.20 Å². The van der Waals surface area contributed by atoms with Crippen LogP contribution in [0.4, 0.5) is 5.69 Å². The van der Waals surface area contributed by atoms with Gasteiger partial charge in [0.25, 0.3) is 0 Å². The lowest BCUT2D eigenvalue weighted by Gasteiger charge is -2.32. The van der Waals surface area contributed by atoms with Gasteiger partial charge in [-0.3, -0.25) is 10.00 Å². The largest absolute Gasteiger partial charge is 0.396 e. The van der Waals surface area contributed by atoms with Gasteiger partial charge in [0, 0.05) is 32.7 Å². The molecule has 23 heavy (non-hydrogen) atoms. The van der Waals surface area contributed by atoms with Gasteiger partial charge in [-0.15, -0.1) is 0 Å². The maximum Gasteiger partial charge on any atom is 0.158 e. The first-order chi connectivity index (χ1) is 11.2. The molecule has 1 aliphatic heterocycles. The molecule has 4 rings (SSSR count). The first-order valence-electron chi connectivity index (χ1n) is 7.88. The summed E-state index contributed by atoms with van der Waals surface area (Å²) in [7, 11) is 2.18. The SMILES string of the molecule is CN1CCN(Cc2ccc3nc(-c4[nH]ncc4N)[nH]c3c2)CC1. The predicted molar refractivity (Wildman–Crippen MR) is 90.9 cm³/mol. The van der Waals surface area contributed by atoms with Crippen LogP contribution in [0.25, 0.3) is 22.6 Å². The second-order valence-electron chi connectivity index (χ2n) is 6.22. The Bertz CT molecular complexity index is 811. The van der Waals surface area contributed by atoms with Crippen molar-refractivity contribution < 1.29 is 0 Å². The van der Waals surface area contributed by atoms with Gasteiger partial charge in [-0.05, 0) is 24.7 Å². The van der Waals surface area contributed by atoms with E-state index in [-0.39, 0.29) is 0 Å². The summed E-state index contributed by atoms with van der Waals surface area (Å²) in [4.78, 5) is 12.8. The van der Waals surface area contributed by atoms with Crippen LogP contribution in [0.2, 0.25) is 0 Å². The van der Waals surface area contributed by atoms with Crippen molar-refractivity contribution >= 4 is 16.7 Å². The molecule has 1 aromatic carbocycles. The highest BCUT2D eigenvalue weighted by Crippen LogP contribution is 2.24. The van der Waals surface area contributed by atoms with Crippen molar-refractivity contribution in [2.75, 3.05) is 39.0 Å². The zero-order chi connectivity index (χ0) is 15.8. The minimum Gasteiger partial charge on any atom is -0.396 e. The van der Waals surface area contributed by atoms with E-state index in [0.29, 0.717) is 5.69 Å². The third kappa shape index (κ3) is 2.80. The molecule has 0 aliphatic carbocycles. The van der Waals surface area contributed by atoms with Crippen LogP contribution < -0.4 is 5.73 Å². The zero-order valence-corrected chi connectivity index (χ0v) is 13.2. The number of benzene rings is 1. The molecule has 0 unspecified atom stereocenters. The lowest BCUT2D eigenvalue weighted by molar-refractivity contribution is 0.148. The number of hydrogen-bond acceptors (Lipinski definition) is 5. The summed E-state index contributed by atoms with van der Waals surface area (Å²) in [6.07, 6.45) is 1.60. The van der Waals surface area contributed by atoms with Gasteiger partial charge in [0.1, 0.15) is 5.69 Å². The number of anilines is 1. The Morgan fingerprint density at radius 1 is 1.22 bits per heavy atom. The van der Waals surface area contributed by atoms with Crippen LogP contribution in [0.1, 0.15) is 5.56 Å². The van der Waals surface area contributed by atoms with E-state index >= 15 is 0 Å². The number of imidazole rings is 1. The minimum absolute atomic E-state index is 0.599. The maximum absolute atomic E-state index is 5.89. The van der Waals surface area contributed by atoms with Crippen molar-refractivity contribution in [3.63, 3.8) is 0 Å². The summed E-state index contributed by atoms with van der Waals surface area (Å²) in [5, 5.41) is 6.83. The normalized spacial score (nSPS) is 17.1. The Hall–Kier alpha value is -2.38. The molecule has 1 fully saturated rings. The monoisotopic (exact) mass is 311 g/mol. The number of H-pyrrole nitrogens is 2. The van der Waals surface area contributed by atoms with Crippen molar-refractivity contribution in [1.29, 1.82) is 0 Å². The molecule has 120 valence electrons. The zero-order valence-electron chi connectivity index (χ0n) is 13.2. The highest BCUT2D eigenvalue weighted by atomic mass is 15.2. The molecular weight excluding hydrogens is 290 g/mol. The first kappa shape index (κ1) is 14.2. The Labute approximate surface area is 134 Å². The van der Waals surface area contributed by atoms with E-state index < -0.39 is 0 Å². The fraction of sp³-hybridized carbons (Fsp3) is 0.375.